The van der Waals surface area contributed by atoms with Crippen LogP contribution in [0.25, 0.3) is 5.69 Å². The van der Waals surface area contributed by atoms with Crippen LogP contribution >= 0.6 is 0 Å². The molecule has 1 fully saturated rings. The van der Waals surface area contributed by atoms with Gasteiger partial charge in [0.2, 0.25) is 11.8 Å². The van der Waals surface area contributed by atoms with Crippen molar-refractivity contribution in [3.05, 3.63) is 65.2 Å². The third-order valence-corrected chi connectivity index (χ3v) is 5.40. The molecule has 1 unspecified atom stereocenters. The van der Waals surface area contributed by atoms with Gasteiger partial charge in [0.15, 0.2) is 5.82 Å². The van der Waals surface area contributed by atoms with Crippen LogP contribution in [0.1, 0.15) is 28.7 Å². The Morgan fingerprint density at radius 3 is 2.65 bits per heavy atom. The lowest BCUT2D eigenvalue weighted by molar-refractivity contribution is -0.133. The molecule has 5 amide bonds. The summed E-state index contributed by atoms with van der Waals surface area (Å²) in [6.45, 7) is 2.43. The number of hydrogen-bond donors (Lipinski definition) is 3. The lowest BCUT2D eigenvalue weighted by Crippen LogP contribution is -2.42. The summed E-state index contributed by atoms with van der Waals surface area (Å²) in [5.41, 5.74) is 4.47. The van der Waals surface area contributed by atoms with E-state index in [4.69, 9.17) is 5.73 Å². The Morgan fingerprint density at radius 2 is 1.97 bits per heavy atom. The highest BCUT2D eigenvalue weighted by atomic mass is 19.1. The number of nitrogens with one attached hydrogen (secondary N) is 2. The molecule has 0 radical (unpaired) electrons. The standard InChI is InChI=1S/C21H19FN8O4/c1-11-26-27-28-30(11)14-6-7-15(22)16(9-14)24-17(31)10-29-19(33)21(2,25-20(29)34)13-5-3-4-12(8-13)18(23)32/h3-9H,10H2,1-2H3,(H2,23,32)(H,24,31)(H,25,34). The number of carbonyl (C=O) groups is 4. The second-order valence-corrected chi connectivity index (χ2v) is 7.74. The minimum Gasteiger partial charge on any atom is -0.366 e. The predicted octanol–water partition coefficient (Wildman–Crippen LogP) is 0.614. The van der Waals surface area contributed by atoms with Crippen LogP contribution in [0.15, 0.2) is 42.5 Å². The number of anilines is 1. The molecule has 1 aromatic heterocycles. The number of imide groups is 1. The van der Waals surface area contributed by atoms with E-state index in [-0.39, 0.29) is 11.3 Å². The molecular weight excluding hydrogens is 447 g/mol. The highest BCUT2D eigenvalue weighted by molar-refractivity contribution is 6.10. The molecule has 4 N–H and O–H groups in total. The van der Waals surface area contributed by atoms with E-state index in [2.05, 4.69) is 26.2 Å². The zero-order chi connectivity index (χ0) is 24.6. The number of amides is 5. The minimum atomic E-state index is -1.52. The van der Waals surface area contributed by atoms with Gasteiger partial charge >= 0.3 is 6.03 Å². The number of hydrogen-bond acceptors (Lipinski definition) is 7. The number of primary amides is 1. The van der Waals surface area contributed by atoms with Crippen molar-refractivity contribution in [1.29, 1.82) is 0 Å². The van der Waals surface area contributed by atoms with E-state index in [0.29, 0.717) is 22.0 Å². The number of aryl methyl sites for hydroxylation is 1. The lowest BCUT2D eigenvalue weighted by Gasteiger charge is -2.22. The zero-order valence-corrected chi connectivity index (χ0v) is 18.1. The number of aromatic nitrogens is 4. The largest absolute Gasteiger partial charge is 0.366 e. The monoisotopic (exact) mass is 466 g/mol. The van der Waals surface area contributed by atoms with Gasteiger partial charge in [0, 0.05) is 5.56 Å². The van der Waals surface area contributed by atoms with Crippen molar-refractivity contribution in [3.63, 3.8) is 0 Å². The summed E-state index contributed by atoms with van der Waals surface area (Å²) in [4.78, 5) is 50.4. The summed E-state index contributed by atoms with van der Waals surface area (Å²) < 4.78 is 15.7. The first-order valence-electron chi connectivity index (χ1n) is 9.99. The van der Waals surface area contributed by atoms with Crippen LogP contribution in [0, 0.1) is 12.7 Å². The average Bonchev–Trinajstić information content (AvgIpc) is 3.32. The normalized spacial score (nSPS) is 17.6. The van der Waals surface area contributed by atoms with Gasteiger partial charge in [-0.05, 0) is 60.2 Å². The molecule has 0 spiro atoms. The molecule has 0 saturated carbocycles. The molecule has 1 aliphatic rings. The van der Waals surface area contributed by atoms with Crippen LogP contribution in [-0.2, 0) is 15.1 Å². The Balaban J connectivity index is 1.52. The minimum absolute atomic E-state index is 0.158. The van der Waals surface area contributed by atoms with Gasteiger partial charge in [0.25, 0.3) is 5.91 Å². The summed E-state index contributed by atoms with van der Waals surface area (Å²) in [5.74, 6) is -2.49. The Kier molecular flexibility index (Phi) is 5.53. The van der Waals surface area contributed by atoms with E-state index in [1.807, 2.05) is 0 Å². The van der Waals surface area contributed by atoms with Crippen LogP contribution in [0.2, 0.25) is 0 Å². The van der Waals surface area contributed by atoms with E-state index in [1.165, 1.54) is 41.9 Å². The van der Waals surface area contributed by atoms with E-state index in [0.717, 1.165) is 6.07 Å². The maximum atomic E-state index is 14.3. The van der Waals surface area contributed by atoms with Gasteiger partial charge in [-0.25, -0.2) is 9.18 Å². The second kappa shape index (κ2) is 8.35. The van der Waals surface area contributed by atoms with Crippen molar-refractivity contribution in [3.8, 4) is 5.69 Å². The molecule has 3 aromatic rings. The summed E-state index contributed by atoms with van der Waals surface area (Å²) in [6.07, 6.45) is 0. The topological polar surface area (TPSA) is 165 Å². The van der Waals surface area contributed by atoms with Gasteiger partial charge in [-0.1, -0.05) is 12.1 Å². The number of nitrogens with zero attached hydrogens (tertiary/aromatic N) is 5. The zero-order valence-electron chi connectivity index (χ0n) is 18.1. The van der Waals surface area contributed by atoms with Crippen molar-refractivity contribution in [1.82, 2.24) is 30.4 Å². The van der Waals surface area contributed by atoms with Crippen LogP contribution in [0.3, 0.4) is 0 Å². The second-order valence-electron chi connectivity index (χ2n) is 7.74. The number of rotatable bonds is 6. The summed E-state index contributed by atoms with van der Waals surface area (Å²) in [6, 6.07) is 9.01. The fourth-order valence-corrected chi connectivity index (χ4v) is 3.56. The summed E-state index contributed by atoms with van der Waals surface area (Å²) in [5, 5.41) is 15.9. The lowest BCUT2D eigenvalue weighted by atomic mass is 9.90. The molecular formula is C21H19FN8O4. The molecule has 174 valence electrons. The van der Waals surface area contributed by atoms with Crippen LogP contribution in [0.4, 0.5) is 14.9 Å². The first kappa shape index (κ1) is 22.5. The molecule has 12 nitrogen and oxygen atoms in total. The number of nitrogens with two attached hydrogens (primary N) is 1. The highest BCUT2D eigenvalue weighted by Gasteiger charge is 2.49. The molecule has 2 aromatic carbocycles. The SMILES string of the molecule is Cc1nnnn1-c1ccc(F)c(NC(=O)CN2C(=O)NC(C)(c3cccc(C(N)=O)c3)C2=O)c1. The van der Waals surface area contributed by atoms with Gasteiger partial charge in [-0.3, -0.25) is 19.3 Å². The van der Waals surface area contributed by atoms with Gasteiger partial charge in [-0.2, -0.15) is 4.68 Å². The van der Waals surface area contributed by atoms with Crippen molar-refractivity contribution in [2.75, 3.05) is 11.9 Å². The number of carbonyl (C=O) groups excluding carboxylic acids is 4. The van der Waals surface area contributed by atoms with Crippen LogP contribution in [0.5, 0.6) is 0 Å². The maximum absolute atomic E-state index is 14.3. The van der Waals surface area contributed by atoms with Crippen molar-refractivity contribution in [2.24, 2.45) is 5.73 Å². The molecule has 4 rings (SSSR count). The molecule has 0 aliphatic carbocycles. The van der Waals surface area contributed by atoms with E-state index in [9.17, 15) is 23.6 Å². The first-order valence-corrected chi connectivity index (χ1v) is 9.99. The van der Waals surface area contributed by atoms with Gasteiger partial charge in [0.1, 0.15) is 17.9 Å². The fourth-order valence-electron chi connectivity index (χ4n) is 3.56. The van der Waals surface area contributed by atoms with E-state index < -0.39 is 41.7 Å². The molecule has 34 heavy (non-hydrogen) atoms. The van der Waals surface area contributed by atoms with Crippen LogP contribution < -0.4 is 16.4 Å². The van der Waals surface area contributed by atoms with Crippen molar-refractivity contribution >= 4 is 29.4 Å². The summed E-state index contributed by atoms with van der Waals surface area (Å²) in [7, 11) is 0. The van der Waals surface area contributed by atoms with E-state index in [1.54, 1.807) is 13.0 Å². The number of halogens is 1. The quantitative estimate of drug-likeness (QED) is 0.448. The Morgan fingerprint density at radius 1 is 1.21 bits per heavy atom. The van der Waals surface area contributed by atoms with E-state index >= 15 is 0 Å². The average molecular weight is 466 g/mol. The fraction of sp³-hybridized carbons (Fsp3) is 0.190. The predicted molar refractivity (Wildman–Crippen MR) is 115 cm³/mol. The maximum Gasteiger partial charge on any atom is 0.325 e. The van der Waals surface area contributed by atoms with Gasteiger partial charge in [0.05, 0.1) is 11.4 Å². The Hall–Kier alpha value is -4.68. The van der Waals surface area contributed by atoms with Crippen LogP contribution in [-0.4, -0.2) is 55.4 Å². The molecule has 1 saturated heterocycles. The Labute approximate surface area is 191 Å². The smallest absolute Gasteiger partial charge is 0.325 e. The van der Waals surface area contributed by atoms with Gasteiger partial charge in [-0.15, -0.1) is 5.10 Å². The molecule has 2 heterocycles. The van der Waals surface area contributed by atoms with Gasteiger partial charge < -0.3 is 16.4 Å². The third kappa shape index (κ3) is 3.94. The number of tetrazole rings is 1. The third-order valence-electron chi connectivity index (χ3n) is 5.40. The molecule has 0 bridgehead atoms. The van der Waals surface area contributed by atoms with Crippen molar-refractivity contribution in [2.45, 2.75) is 19.4 Å². The molecule has 13 heteroatoms. The number of benzene rings is 2. The van der Waals surface area contributed by atoms with Crippen molar-refractivity contribution < 1.29 is 23.6 Å². The summed E-state index contributed by atoms with van der Waals surface area (Å²) >= 11 is 0. The first-order chi connectivity index (χ1) is 16.1. The Bertz CT molecular complexity index is 1340. The molecule has 1 atom stereocenters. The number of urea groups is 1. The molecule has 1 aliphatic heterocycles. The highest BCUT2D eigenvalue weighted by Crippen LogP contribution is 2.29.